The predicted octanol–water partition coefficient (Wildman–Crippen LogP) is 1.70. The molecule has 110 valence electrons. The molecule has 0 aromatic heterocycles. The first-order valence-corrected chi connectivity index (χ1v) is 6.89. The molecule has 1 aromatic carbocycles. The van der Waals surface area contributed by atoms with E-state index in [0.717, 1.165) is 5.56 Å². The van der Waals surface area contributed by atoms with Gasteiger partial charge in [-0.1, -0.05) is 12.2 Å². The average Bonchev–Trinajstić information content (AvgIpc) is 2.43. The Kier molecular flexibility index (Phi) is 7.79. The molecule has 5 nitrogen and oxygen atoms in total. The summed E-state index contributed by atoms with van der Waals surface area (Å²) >= 11 is 4.86. The number of benzene rings is 1. The van der Waals surface area contributed by atoms with Crippen molar-refractivity contribution in [3.05, 3.63) is 29.8 Å². The topological polar surface area (TPSA) is 73.6 Å². The Balaban J connectivity index is 2.23. The molecular weight excluding hydrogens is 276 g/mol. The fourth-order valence-corrected chi connectivity index (χ4v) is 1.61. The monoisotopic (exact) mass is 296 g/mol. The molecular formula is C14H20N2O3S. The molecule has 0 heterocycles. The van der Waals surface area contributed by atoms with Crippen LogP contribution in [0, 0.1) is 0 Å². The number of carbonyl (C=O) groups is 1. The molecule has 0 fully saturated rings. The van der Waals surface area contributed by atoms with Crippen molar-refractivity contribution in [2.24, 2.45) is 5.73 Å². The third kappa shape index (κ3) is 6.60. The first-order valence-electron chi connectivity index (χ1n) is 6.48. The summed E-state index contributed by atoms with van der Waals surface area (Å²) in [6, 6.07) is 7.08. The van der Waals surface area contributed by atoms with Crippen molar-refractivity contribution < 1.29 is 14.3 Å². The number of hydrogen-bond donors (Lipinski definition) is 2. The number of thiocarbonyl (C=S) groups is 1. The molecule has 0 aliphatic rings. The lowest BCUT2D eigenvalue weighted by atomic mass is 10.2. The molecule has 1 rings (SSSR count). The minimum absolute atomic E-state index is 0.0931. The van der Waals surface area contributed by atoms with Crippen molar-refractivity contribution in [1.82, 2.24) is 0 Å². The lowest BCUT2D eigenvalue weighted by Gasteiger charge is -2.07. The molecule has 0 atom stereocenters. The largest absolute Gasteiger partial charge is 0.389 e. The second-order valence-electron chi connectivity index (χ2n) is 4.05. The van der Waals surface area contributed by atoms with E-state index in [0.29, 0.717) is 43.5 Å². The molecule has 3 N–H and O–H groups in total. The van der Waals surface area contributed by atoms with Gasteiger partial charge in [0.25, 0.3) is 0 Å². The van der Waals surface area contributed by atoms with E-state index in [-0.39, 0.29) is 5.91 Å². The molecule has 0 aliphatic heterocycles. The minimum Gasteiger partial charge on any atom is -0.389 e. The maximum atomic E-state index is 11.6. The van der Waals surface area contributed by atoms with Gasteiger partial charge in [-0.05, 0) is 31.2 Å². The summed E-state index contributed by atoms with van der Waals surface area (Å²) in [4.78, 5) is 12.0. The van der Waals surface area contributed by atoms with Crippen LogP contribution < -0.4 is 11.1 Å². The zero-order chi connectivity index (χ0) is 14.8. The molecule has 0 bridgehead atoms. The third-order valence-electron chi connectivity index (χ3n) is 2.50. The molecule has 0 unspecified atom stereocenters. The van der Waals surface area contributed by atoms with Crippen molar-refractivity contribution >= 4 is 28.8 Å². The number of amides is 1. The molecule has 6 heteroatoms. The zero-order valence-corrected chi connectivity index (χ0v) is 12.4. The van der Waals surface area contributed by atoms with Crippen LogP contribution in [-0.2, 0) is 14.3 Å². The fraction of sp³-hybridized carbons (Fsp3) is 0.429. The number of hydrogen-bond acceptors (Lipinski definition) is 4. The number of ether oxygens (including phenoxy) is 2. The summed E-state index contributed by atoms with van der Waals surface area (Å²) in [7, 11) is 0. The van der Waals surface area contributed by atoms with Crippen LogP contribution in [0.2, 0.25) is 0 Å². The van der Waals surface area contributed by atoms with Crippen molar-refractivity contribution in [1.29, 1.82) is 0 Å². The van der Waals surface area contributed by atoms with E-state index < -0.39 is 0 Å². The van der Waals surface area contributed by atoms with Crippen LogP contribution in [0.1, 0.15) is 18.9 Å². The molecule has 0 spiro atoms. The van der Waals surface area contributed by atoms with Crippen molar-refractivity contribution in [3.63, 3.8) is 0 Å². The summed E-state index contributed by atoms with van der Waals surface area (Å²) in [5.74, 6) is -0.0931. The van der Waals surface area contributed by atoms with E-state index in [9.17, 15) is 4.79 Å². The van der Waals surface area contributed by atoms with Gasteiger partial charge >= 0.3 is 0 Å². The molecule has 0 radical (unpaired) electrons. The summed E-state index contributed by atoms with van der Waals surface area (Å²) in [6.07, 6.45) is 0.309. The first kappa shape index (κ1) is 16.6. The standard InChI is InChI=1S/C14H20N2O3S/c1-2-18-9-10-19-8-7-13(17)16-12-5-3-11(4-6-12)14(15)20/h3-6H,2,7-10H2,1H3,(H2,15,20)(H,16,17). The smallest absolute Gasteiger partial charge is 0.226 e. The molecule has 0 saturated carbocycles. The Morgan fingerprint density at radius 1 is 1.20 bits per heavy atom. The van der Waals surface area contributed by atoms with Crippen LogP contribution in [0.15, 0.2) is 24.3 Å². The van der Waals surface area contributed by atoms with Crippen LogP contribution in [-0.4, -0.2) is 37.3 Å². The summed E-state index contributed by atoms with van der Waals surface area (Å²) in [5, 5.41) is 2.78. The lowest BCUT2D eigenvalue weighted by Crippen LogP contribution is -2.15. The van der Waals surface area contributed by atoms with E-state index in [1.54, 1.807) is 24.3 Å². The maximum Gasteiger partial charge on any atom is 0.226 e. The lowest BCUT2D eigenvalue weighted by molar-refractivity contribution is -0.117. The van der Waals surface area contributed by atoms with Gasteiger partial charge in [0.05, 0.1) is 26.2 Å². The zero-order valence-electron chi connectivity index (χ0n) is 11.6. The van der Waals surface area contributed by atoms with E-state index in [4.69, 9.17) is 27.4 Å². The SMILES string of the molecule is CCOCCOCCC(=O)Nc1ccc(C(N)=S)cc1. The van der Waals surface area contributed by atoms with Gasteiger partial charge in [-0.25, -0.2) is 0 Å². The number of anilines is 1. The van der Waals surface area contributed by atoms with Crippen molar-refractivity contribution in [3.8, 4) is 0 Å². The highest BCUT2D eigenvalue weighted by Gasteiger charge is 2.03. The molecule has 0 saturated heterocycles. The van der Waals surface area contributed by atoms with Crippen molar-refractivity contribution in [2.75, 3.05) is 31.7 Å². The highest BCUT2D eigenvalue weighted by atomic mass is 32.1. The second kappa shape index (κ2) is 9.41. The third-order valence-corrected chi connectivity index (χ3v) is 2.74. The minimum atomic E-state index is -0.0931. The van der Waals surface area contributed by atoms with Gasteiger partial charge in [0, 0.05) is 17.9 Å². The van der Waals surface area contributed by atoms with Crippen LogP contribution in [0.5, 0.6) is 0 Å². The predicted molar refractivity (Wildman–Crippen MR) is 82.9 cm³/mol. The van der Waals surface area contributed by atoms with Crippen LogP contribution in [0.25, 0.3) is 0 Å². The van der Waals surface area contributed by atoms with Gasteiger partial charge in [-0.15, -0.1) is 0 Å². The Bertz CT molecular complexity index is 435. The normalized spacial score (nSPS) is 10.2. The van der Waals surface area contributed by atoms with Gasteiger partial charge in [-0.2, -0.15) is 0 Å². The van der Waals surface area contributed by atoms with Crippen LogP contribution in [0.3, 0.4) is 0 Å². The van der Waals surface area contributed by atoms with E-state index in [1.165, 1.54) is 0 Å². The maximum absolute atomic E-state index is 11.6. The summed E-state index contributed by atoms with van der Waals surface area (Å²) in [5.41, 5.74) is 6.99. The fourth-order valence-electron chi connectivity index (χ4n) is 1.47. The number of rotatable bonds is 9. The average molecular weight is 296 g/mol. The van der Waals surface area contributed by atoms with E-state index in [2.05, 4.69) is 5.32 Å². The molecule has 20 heavy (non-hydrogen) atoms. The van der Waals surface area contributed by atoms with Crippen molar-refractivity contribution in [2.45, 2.75) is 13.3 Å². The van der Waals surface area contributed by atoms with Gasteiger partial charge in [0.2, 0.25) is 5.91 Å². The quantitative estimate of drug-likeness (QED) is 0.536. The Labute approximate surface area is 124 Å². The Morgan fingerprint density at radius 3 is 2.45 bits per heavy atom. The van der Waals surface area contributed by atoms with Gasteiger partial charge in [0.15, 0.2) is 0 Å². The second-order valence-corrected chi connectivity index (χ2v) is 4.49. The number of nitrogens with two attached hydrogens (primary N) is 1. The number of carbonyl (C=O) groups excluding carboxylic acids is 1. The van der Waals surface area contributed by atoms with Crippen LogP contribution in [0.4, 0.5) is 5.69 Å². The van der Waals surface area contributed by atoms with Crippen LogP contribution >= 0.6 is 12.2 Å². The highest BCUT2D eigenvalue weighted by molar-refractivity contribution is 7.80. The Hall–Kier alpha value is -1.50. The number of nitrogens with one attached hydrogen (secondary N) is 1. The van der Waals surface area contributed by atoms with E-state index in [1.807, 2.05) is 6.92 Å². The Morgan fingerprint density at radius 2 is 1.85 bits per heavy atom. The molecule has 0 aliphatic carbocycles. The molecule has 1 aromatic rings. The van der Waals surface area contributed by atoms with Gasteiger partial charge in [0.1, 0.15) is 4.99 Å². The molecule has 1 amide bonds. The first-order chi connectivity index (χ1) is 9.63. The highest BCUT2D eigenvalue weighted by Crippen LogP contribution is 2.09. The van der Waals surface area contributed by atoms with E-state index >= 15 is 0 Å². The van der Waals surface area contributed by atoms with Gasteiger partial charge in [-0.3, -0.25) is 4.79 Å². The van der Waals surface area contributed by atoms with Gasteiger partial charge < -0.3 is 20.5 Å². The summed E-state index contributed by atoms with van der Waals surface area (Å²) < 4.78 is 10.4. The summed E-state index contributed by atoms with van der Waals surface area (Å²) in [6.45, 7) is 4.04.